The molecule has 0 radical (unpaired) electrons. The van der Waals surface area contributed by atoms with Gasteiger partial charge in [0.1, 0.15) is 0 Å². The van der Waals surface area contributed by atoms with Gasteiger partial charge in [0.15, 0.2) is 0 Å². The first kappa shape index (κ1) is 11.6. The summed E-state index contributed by atoms with van der Waals surface area (Å²) in [6.07, 6.45) is 2.03. The predicted octanol–water partition coefficient (Wildman–Crippen LogP) is 2.70. The topological polar surface area (TPSA) is 22.3 Å². The van der Waals surface area contributed by atoms with Crippen molar-refractivity contribution in [3.8, 4) is 0 Å². The largest absolute Gasteiger partial charge is 0.368 e. The zero-order chi connectivity index (χ0) is 12.5. The van der Waals surface area contributed by atoms with Crippen LogP contribution < -0.4 is 4.90 Å². The van der Waals surface area contributed by atoms with Gasteiger partial charge in [-0.1, -0.05) is 6.07 Å². The van der Waals surface area contributed by atoms with Crippen molar-refractivity contribution < 1.29 is 0 Å². The van der Waals surface area contributed by atoms with Crippen LogP contribution in [0.25, 0.3) is 10.9 Å². The Bertz CT molecular complexity index is 521. The molecule has 0 atom stereocenters. The number of rotatable bonds is 2. The van der Waals surface area contributed by atoms with Crippen molar-refractivity contribution in [1.29, 1.82) is 0 Å². The summed E-state index contributed by atoms with van der Waals surface area (Å²) in [6.45, 7) is 9.15. The number of nitrogens with one attached hydrogen (secondary N) is 1. The predicted molar refractivity (Wildman–Crippen MR) is 77.2 cm³/mol. The molecule has 18 heavy (non-hydrogen) atoms. The van der Waals surface area contributed by atoms with Gasteiger partial charge in [-0.2, -0.15) is 0 Å². The van der Waals surface area contributed by atoms with Crippen molar-refractivity contribution in [3.05, 3.63) is 30.5 Å². The van der Waals surface area contributed by atoms with E-state index in [0.717, 1.165) is 13.1 Å². The Balaban J connectivity index is 1.82. The molecule has 3 heteroatoms. The SMILES string of the molecule is CC(C)N1CCN(c2cccc3[nH]ccc23)CC1. The molecule has 1 aromatic carbocycles. The number of anilines is 1. The number of benzene rings is 1. The standard InChI is InChI=1S/C15H21N3/c1-12(2)17-8-10-18(11-9-17)15-5-3-4-14-13(15)6-7-16-14/h3-7,12,16H,8-11H2,1-2H3. The molecule has 1 aliphatic heterocycles. The Morgan fingerprint density at radius 1 is 1.06 bits per heavy atom. The van der Waals surface area contributed by atoms with Crippen LogP contribution in [-0.2, 0) is 0 Å². The number of fused-ring (bicyclic) bond motifs is 1. The zero-order valence-electron chi connectivity index (χ0n) is 11.2. The number of aromatic amines is 1. The molecule has 0 spiro atoms. The molecular formula is C15H21N3. The minimum atomic E-state index is 0.662. The molecule has 0 saturated carbocycles. The lowest BCUT2D eigenvalue weighted by Gasteiger charge is -2.38. The molecule has 1 aliphatic rings. The molecule has 0 bridgehead atoms. The number of hydrogen-bond acceptors (Lipinski definition) is 2. The summed E-state index contributed by atoms with van der Waals surface area (Å²) < 4.78 is 0. The molecule has 2 heterocycles. The summed E-state index contributed by atoms with van der Waals surface area (Å²) in [7, 11) is 0. The summed E-state index contributed by atoms with van der Waals surface area (Å²) in [5.41, 5.74) is 2.61. The van der Waals surface area contributed by atoms with Crippen molar-refractivity contribution in [2.24, 2.45) is 0 Å². The van der Waals surface area contributed by atoms with Crippen LogP contribution in [0, 0.1) is 0 Å². The normalized spacial score (nSPS) is 17.8. The second-order valence-electron chi connectivity index (χ2n) is 5.33. The first-order chi connectivity index (χ1) is 8.75. The third-order valence-electron chi connectivity index (χ3n) is 3.96. The molecule has 0 unspecified atom stereocenters. The van der Waals surface area contributed by atoms with E-state index in [0.29, 0.717) is 6.04 Å². The van der Waals surface area contributed by atoms with E-state index in [1.165, 1.54) is 29.7 Å². The Hall–Kier alpha value is -1.48. The molecule has 3 nitrogen and oxygen atoms in total. The molecule has 2 aromatic rings. The van der Waals surface area contributed by atoms with E-state index >= 15 is 0 Å². The Labute approximate surface area is 108 Å². The van der Waals surface area contributed by atoms with Gasteiger partial charge in [-0.15, -0.1) is 0 Å². The van der Waals surface area contributed by atoms with Crippen molar-refractivity contribution in [1.82, 2.24) is 9.88 Å². The van der Waals surface area contributed by atoms with E-state index in [1.54, 1.807) is 0 Å². The summed E-state index contributed by atoms with van der Waals surface area (Å²) in [5.74, 6) is 0. The van der Waals surface area contributed by atoms with E-state index in [9.17, 15) is 0 Å². The molecule has 0 aliphatic carbocycles. The highest BCUT2D eigenvalue weighted by molar-refractivity contribution is 5.92. The van der Waals surface area contributed by atoms with Crippen molar-refractivity contribution in [3.63, 3.8) is 0 Å². The fraction of sp³-hybridized carbons (Fsp3) is 0.467. The maximum absolute atomic E-state index is 3.29. The molecule has 1 aromatic heterocycles. The number of nitrogens with zero attached hydrogens (tertiary/aromatic N) is 2. The number of hydrogen-bond donors (Lipinski definition) is 1. The Morgan fingerprint density at radius 2 is 1.83 bits per heavy atom. The van der Waals surface area contributed by atoms with E-state index in [1.807, 2.05) is 6.20 Å². The van der Waals surface area contributed by atoms with Gasteiger partial charge < -0.3 is 9.88 Å². The van der Waals surface area contributed by atoms with Crippen LogP contribution in [0.1, 0.15) is 13.8 Å². The van der Waals surface area contributed by atoms with Gasteiger partial charge in [-0.25, -0.2) is 0 Å². The van der Waals surface area contributed by atoms with Crippen LogP contribution in [0.5, 0.6) is 0 Å². The van der Waals surface area contributed by atoms with Crippen molar-refractivity contribution in [2.45, 2.75) is 19.9 Å². The minimum Gasteiger partial charge on any atom is -0.368 e. The monoisotopic (exact) mass is 243 g/mol. The van der Waals surface area contributed by atoms with E-state index < -0.39 is 0 Å². The molecule has 3 rings (SSSR count). The molecule has 1 N–H and O–H groups in total. The molecule has 1 fully saturated rings. The summed E-state index contributed by atoms with van der Waals surface area (Å²) in [4.78, 5) is 8.35. The molecule has 96 valence electrons. The third-order valence-corrected chi connectivity index (χ3v) is 3.96. The van der Waals surface area contributed by atoms with Gasteiger partial charge in [0.05, 0.1) is 0 Å². The lowest BCUT2D eigenvalue weighted by molar-refractivity contribution is 0.209. The van der Waals surface area contributed by atoms with E-state index in [2.05, 4.69) is 52.9 Å². The third kappa shape index (κ3) is 1.99. The Kier molecular flexibility index (Phi) is 3.00. The second kappa shape index (κ2) is 4.65. The first-order valence-corrected chi connectivity index (χ1v) is 6.81. The number of aromatic nitrogens is 1. The highest BCUT2D eigenvalue weighted by Gasteiger charge is 2.20. The zero-order valence-corrected chi connectivity index (χ0v) is 11.2. The summed E-state index contributed by atoms with van der Waals surface area (Å²) in [5, 5.41) is 1.34. The van der Waals surface area contributed by atoms with Crippen LogP contribution in [0.2, 0.25) is 0 Å². The summed E-state index contributed by atoms with van der Waals surface area (Å²) in [6, 6.07) is 9.36. The average molecular weight is 243 g/mol. The molecular weight excluding hydrogens is 222 g/mol. The van der Waals surface area contributed by atoms with Gasteiger partial charge >= 0.3 is 0 Å². The van der Waals surface area contributed by atoms with Crippen LogP contribution in [-0.4, -0.2) is 42.1 Å². The van der Waals surface area contributed by atoms with Crippen molar-refractivity contribution in [2.75, 3.05) is 31.1 Å². The fourth-order valence-electron chi connectivity index (χ4n) is 2.82. The second-order valence-corrected chi connectivity index (χ2v) is 5.33. The van der Waals surface area contributed by atoms with Crippen LogP contribution in [0.3, 0.4) is 0 Å². The van der Waals surface area contributed by atoms with Crippen LogP contribution in [0.15, 0.2) is 30.5 Å². The maximum atomic E-state index is 3.29. The summed E-state index contributed by atoms with van der Waals surface area (Å²) >= 11 is 0. The molecule has 0 amide bonds. The minimum absolute atomic E-state index is 0.662. The first-order valence-electron chi connectivity index (χ1n) is 6.81. The van der Waals surface area contributed by atoms with Gasteiger partial charge in [0.25, 0.3) is 0 Å². The van der Waals surface area contributed by atoms with Gasteiger partial charge in [0.2, 0.25) is 0 Å². The smallest absolute Gasteiger partial charge is 0.0474 e. The van der Waals surface area contributed by atoms with Gasteiger partial charge in [0, 0.05) is 55.0 Å². The lowest BCUT2D eigenvalue weighted by Crippen LogP contribution is -2.48. The quantitative estimate of drug-likeness (QED) is 0.876. The molecule has 1 saturated heterocycles. The lowest BCUT2D eigenvalue weighted by atomic mass is 10.1. The number of piperazine rings is 1. The average Bonchev–Trinajstić information content (AvgIpc) is 2.87. The van der Waals surface area contributed by atoms with E-state index in [4.69, 9.17) is 0 Å². The van der Waals surface area contributed by atoms with Crippen LogP contribution >= 0.6 is 0 Å². The fourth-order valence-corrected chi connectivity index (χ4v) is 2.82. The van der Waals surface area contributed by atoms with Gasteiger partial charge in [-0.3, -0.25) is 4.90 Å². The van der Waals surface area contributed by atoms with Crippen LogP contribution in [0.4, 0.5) is 5.69 Å². The highest BCUT2D eigenvalue weighted by atomic mass is 15.3. The Morgan fingerprint density at radius 3 is 2.56 bits per heavy atom. The number of H-pyrrole nitrogens is 1. The van der Waals surface area contributed by atoms with Gasteiger partial charge in [-0.05, 0) is 32.0 Å². The van der Waals surface area contributed by atoms with Crippen molar-refractivity contribution >= 4 is 16.6 Å². The highest BCUT2D eigenvalue weighted by Crippen LogP contribution is 2.27. The van der Waals surface area contributed by atoms with E-state index in [-0.39, 0.29) is 0 Å². The maximum Gasteiger partial charge on any atom is 0.0474 e.